The van der Waals surface area contributed by atoms with Gasteiger partial charge in [-0.15, -0.1) is 0 Å². The Morgan fingerprint density at radius 1 is 0.833 bits per heavy atom. The van der Waals surface area contributed by atoms with Crippen molar-refractivity contribution in [2.75, 3.05) is 10.8 Å². The van der Waals surface area contributed by atoms with E-state index in [1.54, 1.807) is 54.6 Å². The van der Waals surface area contributed by atoms with Crippen molar-refractivity contribution in [2.45, 2.75) is 76.4 Å². The zero-order valence-corrected chi connectivity index (χ0v) is 29.8. The predicted octanol–water partition coefficient (Wildman–Crippen LogP) is 7.81. The van der Waals surface area contributed by atoms with E-state index in [1.165, 1.54) is 4.90 Å². The summed E-state index contributed by atoms with van der Waals surface area (Å²) >= 11 is 13.3. The quantitative estimate of drug-likeness (QED) is 0.163. The number of halogens is 2. The molecule has 1 N–H and O–H groups in total. The Morgan fingerprint density at radius 2 is 1.46 bits per heavy atom. The Bertz CT molecular complexity index is 1840. The van der Waals surface area contributed by atoms with Crippen molar-refractivity contribution >= 4 is 50.7 Å². The normalized spacial score (nSPS) is 14.0. The van der Waals surface area contributed by atoms with Gasteiger partial charge in [-0.1, -0.05) is 102 Å². The van der Waals surface area contributed by atoms with Crippen molar-refractivity contribution in [2.24, 2.45) is 0 Å². The van der Waals surface area contributed by atoms with E-state index in [0.717, 1.165) is 52.2 Å². The van der Waals surface area contributed by atoms with Gasteiger partial charge in [0.1, 0.15) is 12.6 Å². The summed E-state index contributed by atoms with van der Waals surface area (Å²) in [6.07, 6.45) is 3.98. The highest BCUT2D eigenvalue weighted by atomic mass is 35.5. The van der Waals surface area contributed by atoms with Gasteiger partial charge in [0.25, 0.3) is 10.0 Å². The van der Waals surface area contributed by atoms with Gasteiger partial charge >= 0.3 is 0 Å². The molecule has 1 aliphatic carbocycles. The minimum absolute atomic E-state index is 0.00461. The van der Waals surface area contributed by atoms with E-state index in [1.807, 2.05) is 57.2 Å². The van der Waals surface area contributed by atoms with Gasteiger partial charge in [-0.2, -0.15) is 0 Å². The first-order valence-electron chi connectivity index (χ1n) is 16.2. The number of nitrogens with one attached hydrogen (secondary N) is 1. The van der Waals surface area contributed by atoms with Gasteiger partial charge in [0, 0.05) is 34.6 Å². The predicted molar refractivity (Wildman–Crippen MR) is 193 cm³/mol. The number of carbonyl (C=O) groups excluding carboxylic acids is 2. The SMILES string of the molecule is Cc1ccc(S(=O)(=O)N(CC(=O)N(Cc2c(Cl)cccc2Cl)C(Cc2ccccc2)C(=O)NC2CCCC2)c2cccc(C)c2C)cc1. The Hall–Kier alpha value is -3.85. The summed E-state index contributed by atoms with van der Waals surface area (Å²) in [5, 5.41) is 3.86. The molecular weight excluding hydrogens is 665 g/mol. The molecule has 0 saturated heterocycles. The molecule has 0 aliphatic heterocycles. The van der Waals surface area contributed by atoms with Crippen LogP contribution < -0.4 is 9.62 Å². The van der Waals surface area contributed by atoms with E-state index in [9.17, 15) is 18.0 Å². The number of benzene rings is 4. The van der Waals surface area contributed by atoms with E-state index in [4.69, 9.17) is 23.2 Å². The molecule has 0 bridgehead atoms. The summed E-state index contributed by atoms with van der Waals surface area (Å²) in [6, 6.07) is 25.5. The number of aryl methyl sites for hydroxylation is 2. The van der Waals surface area contributed by atoms with Crippen molar-refractivity contribution in [1.82, 2.24) is 10.2 Å². The first-order valence-corrected chi connectivity index (χ1v) is 18.4. The molecule has 1 saturated carbocycles. The lowest BCUT2D eigenvalue weighted by molar-refractivity contribution is -0.140. The number of hydrogen-bond donors (Lipinski definition) is 1. The van der Waals surface area contributed by atoms with Crippen LogP contribution in [-0.4, -0.2) is 43.8 Å². The van der Waals surface area contributed by atoms with Gasteiger partial charge in [0.05, 0.1) is 10.6 Å². The lowest BCUT2D eigenvalue weighted by atomic mass is 10.0. The topological polar surface area (TPSA) is 86.8 Å². The largest absolute Gasteiger partial charge is 0.352 e. The molecule has 2 amide bonds. The third-order valence-electron chi connectivity index (χ3n) is 9.10. The molecule has 0 spiro atoms. The molecule has 4 aromatic rings. The molecule has 7 nitrogen and oxygen atoms in total. The lowest BCUT2D eigenvalue weighted by Crippen LogP contribution is -2.54. The molecule has 0 radical (unpaired) electrons. The second-order valence-electron chi connectivity index (χ2n) is 12.5. The van der Waals surface area contributed by atoms with Gasteiger partial charge in [0.15, 0.2) is 0 Å². The molecule has 1 fully saturated rings. The van der Waals surface area contributed by atoms with Crippen molar-refractivity contribution < 1.29 is 18.0 Å². The van der Waals surface area contributed by atoms with Crippen LogP contribution in [0, 0.1) is 20.8 Å². The van der Waals surface area contributed by atoms with E-state index in [2.05, 4.69) is 5.32 Å². The lowest BCUT2D eigenvalue weighted by Gasteiger charge is -2.35. The first kappa shape index (κ1) is 35.5. The highest BCUT2D eigenvalue weighted by Gasteiger charge is 2.36. The number of rotatable bonds is 12. The fraction of sp³-hybridized carbons (Fsp3) is 0.316. The Balaban J connectivity index is 1.62. The molecule has 0 aromatic heterocycles. The number of amides is 2. The summed E-state index contributed by atoms with van der Waals surface area (Å²) in [6.45, 7) is 4.96. The van der Waals surface area contributed by atoms with E-state index < -0.39 is 28.5 Å². The highest BCUT2D eigenvalue weighted by molar-refractivity contribution is 7.92. The first-order chi connectivity index (χ1) is 23.0. The fourth-order valence-corrected chi connectivity index (χ4v) is 8.12. The van der Waals surface area contributed by atoms with Crippen LogP contribution in [0.4, 0.5) is 5.69 Å². The molecule has 1 unspecified atom stereocenters. The maximum Gasteiger partial charge on any atom is 0.264 e. The number of nitrogens with zero attached hydrogens (tertiary/aromatic N) is 2. The van der Waals surface area contributed by atoms with Crippen LogP contribution in [0.15, 0.2) is 95.9 Å². The number of hydrogen-bond acceptors (Lipinski definition) is 4. The van der Waals surface area contributed by atoms with Gasteiger partial charge < -0.3 is 10.2 Å². The van der Waals surface area contributed by atoms with Crippen molar-refractivity contribution in [1.29, 1.82) is 0 Å². The second kappa shape index (κ2) is 15.6. The summed E-state index contributed by atoms with van der Waals surface area (Å²) in [5.41, 5.74) is 4.22. The molecule has 48 heavy (non-hydrogen) atoms. The minimum Gasteiger partial charge on any atom is -0.352 e. The van der Waals surface area contributed by atoms with Gasteiger partial charge in [-0.3, -0.25) is 13.9 Å². The van der Waals surface area contributed by atoms with Crippen LogP contribution in [-0.2, 0) is 32.6 Å². The molecular formula is C38H41Cl2N3O4S. The summed E-state index contributed by atoms with van der Waals surface area (Å²) < 4.78 is 29.9. The number of carbonyl (C=O) groups is 2. The third-order valence-corrected chi connectivity index (χ3v) is 11.6. The van der Waals surface area contributed by atoms with Crippen LogP contribution >= 0.6 is 23.2 Å². The maximum atomic E-state index is 14.8. The van der Waals surface area contributed by atoms with E-state index in [0.29, 0.717) is 21.3 Å². The highest BCUT2D eigenvalue weighted by Crippen LogP contribution is 2.31. The van der Waals surface area contributed by atoms with E-state index >= 15 is 0 Å². The van der Waals surface area contributed by atoms with Crippen LogP contribution in [0.25, 0.3) is 0 Å². The van der Waals surface area contributed by atoms with Crippen molar-refractivity contribution in [3.8, 4) is 0 Å². The van der Waals surface area contributed by atoms with Crippen LogP contribution in [0.2, 0.25) is 10.0 Å². The molecule has 4 aromatic carbocycles. The molecule has 5 rings (SSSR count). The van der Waals surface area contributed by atoms with Gasteiger partial charge in [-0.25, -0.2) is 8.42 Å². The summed E-state index contributed by atoms with van der Waals surface area (Å²) in [4.78, 5) is 30.5. The second-order valence-corrected chi connectivity index (χ2v) is 15.1. The van der Waals surface area contributed by atoms with Crippen LogP contribution in [0.5, 0.6) is 0 Å². The minimum atomic E-state index is -4.22. The van der Waals surface area contributed by atoms with Gasteiger partial charge in [-0.05, 0) is 80.6 Å². The Kier molecular flexibility index (Phi) is 11.5. The summed E-state index contributed by atoms with van der Waals surface area (Å²) in [5.74, 6) is -0.868. The van der Waals surface area contributed by atoms with Crippen molar-refractivity contribution in [3.05, 3.63) is 129 Å². The molecule has 1 atom stereocenters. The average molecular weight is 707 g/mol. The Labute approximate surface area is 293 Å². The fourth-order valence-electron chi connectivity index (χ4n) is 6.13. The molecule has 1 aliphatic rings. The zero-order chi connectivity index (χ0) is 34.4. The van der Waals surface area contributed by atoms with Crippen LogP contribution in [0.1, 0.15) is 53.5 Å². The monoisotopic (exact) mass is 705 g/mol. The van der Waals surface area contributed by atoms with E-state index in [-0.39, 0.29) is 29.8 Å². The third kappa shape index (κ3) is 8.23. The van der Waals surface area contributed by atoms with Crippen molar-refractivity contribution in [3.63, 3.8) is 0 Å². The molecule has 10 heteroatoms. The maximum absolute atomic E-state index is 14.8. The van der Waals surface area contributed by atoms with Crippen LogP contribution in [0.3, 0.4) is 0 Å². The van der Waals surface area contributed by atoms with Gasteiger partial charge in [0.2, 0.25) is 11.8 Å². The summed E-state index contributed by atoms with van der Waals surface area (Å²) in [7, 11) is -4.22. The standard InChI is InChI=1S/C38H41Cl2N3O4S/c1-26-19-21-31(22-20-26)48(46,47)43(35-18-9-11-27(2)28(35)3)25-37(44)42(24-32-33(39)16-10-17-34(32)40)36(23-29-12-5-4-6-13-29)38(45)41-30-14-7-8-15-30/h4-6,9-13,16-22,30,36H,7-8,14-15,23-25H2,1-3H3,(H,41,45). The number of sulfonamides is 1. The number of anilines is 1. The molecule has 0 heterocycles. The Morgan fingerprint density at radius 3 is 2.10 bits per heavy atom. The molecule has 252 valence electrons. The smallest absolute Gasteiger partial charge is 0.264 e. The zero-order valence-electron chi connectivity index (χ0n) is 27.5. The average Bonchev–Trinajstić information content (AvgIpc) is 3.58.